The average molecular weight is 178 g/mol. The SMILES string of the molecule is C=Cc1c(F)cccc1CCCC. The molecule has 0 bridgehead atoms. The minimum absolute atomic E-state index is 0.163. The van der Waals surface area contributed by atoms with Crippen LogP contribution < -0.4 is 0 Å². The summed E-state index contributed by atoms with van der Waals surface area (Å²) in [6.07, 6.45) is 4.77. The topological polar surface area (TPSA) is 0 Å². The number of unbranched alkanes of at least 4 members (excludes halogenated alkanes) is 1. The monoisotopic (exact) mass is 178 g/mol. The third-order valence-corrected chi connectivity index (χ3v) is 2.15. The van der Waals surface area contributed by atoms with E-state index in [1.54, 1.807) is 12.1 Å². The number of benzene rings is 1. The maximum atomic E-state index is 13.2. The van der Waals surface area contributed by atoms with Gasteiger partial charge in [-0.2, -0.15) is 0 Å². The second kappa shape index (κ2) is 4.80. The van der Waals surface area contributed by atoms with Gasteiger partial charge in [0.05, 0.1) is 0 Å². The Kier molecular flexibility index (Phi) is 3.69. The van der Waals surface area contributed by atoms with Crippen LogP contribution in [-0.4, -0.2) is 0 Å². The fraction of sp³-hybridized carbons (Fsp3) is 0.333. The van der Waals surface area contributed by atoms with Crippen molar-refractivity contribution in [1.29, 1.82) is 0 Å². The summed E-state index contributed by atoms with van der Waals surface area (Å²) in [5, 5.41) is 0. The van der Waals surface area contributed by atoms with E-state index in [1.807, 2.05) is 6.07 Å². The molecule has 0 fully saturated rings. The largest absolute Gasteiger partial charge is 0.206 e. The highest BCUT2D eigenvalue weighted by Gasteiger charge is 2.03. The van der Waals surface area contributed by atoms with Gasteiger partial charge in [-0.05, 0) is 24.5 Å². The molecule has 1 aromatic carbocycles. The van der Waals surface area contributed by atoms with Crippen LogP contribution in [0.2, 0.25) is 0 Å². The average Bonchev–Trinajstić information content (AvgIpc) is 2.15. The second-order valence-corrected chi connectivity index (χ2v) is 3.12. The molecule has 0 aliphatic rings. The zero-order valence-electron chi connectivity index (χ0n) is 8.02. The van der Waals surface area contributed by atoms with E-state index in [1.165, 1.54) is 6.07 Å². The van der Waals surface area contributed by atoms with Crippen molar-refractivity contribution in [2.45, 2.75) is 26.2 Å². The Balaban J connectivity index is 2.91. The Bertz CT molecular complexity index is 289. The lowest BCUT2D eigenvalue weighted by Gasteiger charge is -2.05. The van der Waals surface area contributed by atoms with Gasteiger partial charge in [-0.3, -0.25) is 0 Å². The van der Waals surface area contributed by atoms with Gasteiger partial charge in [0.25, 0.3) is 0 Å². The van der Waals surface area contributed by atoms with E-state index in [2.05, 4.69) is 13.5 Å². The van der Waals surface area contributed by atoms with E-state index in [0.29, 0.717) is 5.56 Å². The number of halogens is 1. The molecule has 0 aliphatic carbocycles. The number of rotatable bonds is 4. The Hall–Kier alpha value is -1.11. The van der Waals surface area contributed by atoms with E-state index in [-0.39, 0.29) is 5.82 Å². The molecule has 0 saturated heterocycles. The van der Waals surface area contributed by atoms with Crippen LogP contribution in [0.1, 0.15) is 30.9 Å². The summed E-state index contributed by atoms with van der Waals surface area (Å²) < 4.78 is 13.2. The zero-order valence-corrected chi connectivity index (χ0v) is 8.02. The molecular weight excluding hydrogens is 163 g/mol. The molecule has 0 aliphatic heterocycles. The standard InChI is InChI=1S/C12H15F/c1-3-5-7-10-8-6-9-12(13)11(10)4-2/h4,6,8-9H,2-3,5,7H2,1H3. The number of aryl methyl sites for hydroxylation is 1. The number of hydrogen-bond donors (Lipinski definition) is 0. The van der Waals surface area contributed by atoms with Crippen LogP contribution in [-0.2, 0) is 6.42 Å². The Labute approximate surface area is 79.1 Å². The molecule has 1 heteroatoms. The van der Waals surface area contributed by atoms with Gasteiger partial charge in [-0.1, -0.05) is 38.1 Å². The van der Waals surface area contributed by atoms with Crippen LogP contribution in [0.3, 0.4) is 0 Å². The third-order valence-electron chi connectivity index (χ3n) is 2.15. The molecule has 0 N–H and O–H groups in total. The highest BCUT2D eigenvalue weighted by Crippen LogP contribution is 2.16. The smallest absolute Gasteiger partial charge is 0.130 e. The van der Waals surface area contributed by atoms with Crippen LogP contribution >= 0.6 is 0 Å². The molecular formula is C12H15F. The minimum Gasteiger partial charge on any atom is -0.206 e. The predicted octanol–water partition coefficient (Wildman–Crippen LogP) is 3.81. The maximum Gasteiger partial charge on any atom is 0.130 e. The molecule has 1 rings (SSSR count). The highest BCUT2D eigenvalue weighted by molar-refractivity contribution is 5.52. The Morgan fingerprint density at radius 1 is 1.46 bits per heavy atom. The quantitative estimate of drug-likeness (QED) is 0.657. The number of hydrogen-bond acceptors (Lipinski definition) is 0. The van der Waals surface area contributed by atoms with Gasteiger partial charge >= 0.3 is 0 Å². The summed E-state index contributed by atoms with van der Waals surface area (Å²) in [5.41, 5.74) is 1.73. The normalized spacial score (nSPS) is 10.0. The van der Waals surface area contributed by atoms with Crippen LogP contribution in [0.4, 0.5) is 4.39 Å². The summed E-state index contributed by atoms with van der Waals surface area (Å²) in [7, 11) is 0. The Morgan fingerprint density at radius 3 is 2.85 bits per heavy atom. The van der Waals surface area contributed by atoms with Crippen molar-refractivity contribution in [1.82, 2.24) is 0 Å². The highest BCUT2D eigenvalue weighted by atomic mass is 19.1. The molecule has 0 aromatic heterocycles. The lowest BCUT2D eigenvalue weighted by atomic mass is 10.0. The van der Waals surface area contributed by atoms with Crippen molar-refractivity contribution in [2.75, 3.05) is 0 Å². The first-order valence-electron chi connectivity index (χ1n) is 4.69. The van der Waals surface area contributed by atoms with Gasteiger partial charge in [0.2, 0.25) is 0 Å². The van der Waals surface area contributed by atoms with Gasteiger partial charge in [-0.25, -0.2) is 4.39 Å². The van der Waals surface area contributed by atoms with Crippen LogP contribution in [0.5, 0.6) is 0 Å². The summed E-state index contributed by atoms with van der Waals surface area (Å²) >= 11 is 0. The van der Waals surface area contributed by atoms with Gasteiger partial charge in [0, 0.05) is 5.56 Å². The van der Waals surface area contributed by atoms with Crippen molar-refractivity contribution in [2.24, 2.45) is 0 Å². The van der Waals surface area contributed by atoms with E-state index in [9.17, 15) is 4.39 Å². The molecule has 1 aromatic rings. The van der Waals surface area contributed by atoms with Gasteiger partial charge in [-0.15, -0.1) is 0 Å². The molecule has 0 amide bonds. The summed E-state index contributed by atoms with van der Waals surface area (Å²) in [6.45, 7) is 5.75. The second-order valence-electron chi connectivity index (χ2n) is 3.12. The lowest BCUT2D eigenvalue weighted by Crippen LogP contribution is -1.92. The van der Waals surface area contributed by atoms with E-state index < -0.39 is 0 Å². The van der Waals surface area contributed by atoms with Crippen molar-refractivity contribution < 1.29 is 4.39 Å². The van der Waals surface area contributed by atoms with E-state index in [0.717, 1.165) is 24.8 Å². The van der Waals surface area contributed by atoms with Crippen molar-refractivity contribution >= 4 is 6.08 Å². The molecule has 0 nitrogen and oxygen atoms in total. The minimum atomic E-state index is -0.163. The first-order chi connectivity index (χ1) is 6.29. The first kappa shape index (κ1) is 9.97. The summed E-state index contributed by atoms with van der Waals surface area (Å²) in [6, 6.07) is 5.20. The summed E-state index contributed by atoms with van der Waals surface area (Å²) in [5.74, 6) is -0.163. The molecule has 13 heavy (non-hydrogen) atoms. The van der Waals surface area contributed by atoms with Crippen LogP contribution in [0, 0.1) is 5.82 Å². The van der Waals surface area contributed by atoms with Crippen LogP contribution in [0.25, 0.3) is 6.08 Å². The zero-order chi connectivity index (χ0) is 9.68. The molecule has 0 unspecified atom stereocenters. The van der Waals surface area contributed by atoms with Crippen molar-refractivity contribution in [3.8, 4) is 0 Å². The molecule has 70 valence electrons. The van der Waals surface area contributed by atoms with Gasteiger partial charge < -0.3 is 0 Å². The summed E-state index contributed by atoms with van der Waals surface area (Å²) in [4.78, 5) is 0. The fourth-order valence-corrected chi connectivity index (χ4v) is 1.40. The van der Waals surface area contributed by atoms with Crippen LogP contribution in [0.15, 0.2) is 24.8 Å². The maximum absolute atomic E-state index is 13.2. The van der Waals surface area contributed by atoms with Crippen molar-refractivity contribution in [3.63, 3.8) is 0 Å². The van der Waals surface area contributed by atoms with E-state index >= 15 is 0 Å². The Morgan fingerprint density at radius 2 is 2.23 bits per heavy atom. The molecule has 0 saturated carbocycles. The predicted molar refractivity (Wildman–Crippen MR) is 55.1 cm³/mol. The molecule has 0 spiro atoms. The van der Waals surface area contributed by atoms with Gasteiger partial charge in [0.15, 0.2) is 0 Å². The van der Waals surface area contributed by atoms with Crippen molar-refractivity contribution in [3.05, 3.63) is 41.7 Å². The first-order valence-corrected chi connectivity index (χ1v) is 4.69. The third kappa shape index (κ3) is 2.41. The molecule has 0 radical (unpaired) electrons. The van der Waals surface area contributed by atoms with Gasteiger partial charge in [0.1, 0.15) is 5.82 Å². The fourth-order valence-electron chi connectivity index (χ4n) is 1.40. The lowest BCUT2D eigenvalue weighted by molar-refractivity contribution is 0.621. The molecule has 0 heterocycles. The molecule has 0 atom stereocenters. The van der Waals surface area contributed by atoms with E-state index in [4.69, 9.17) is 0 Å².